The smallest absolute Gasteiger partial charge is 0.257 e. The summed E-state index contributed by atoms with van der Waals surface area (Å²) in [4.78, 5) is 12.0. The van der Waals surface area contributed by atoms with Crippen LogP contribution in [0.3, 0.4) is 0 Å². The van der Waals surface area contributed by atoms with Crippen LogP contribution in [0, 0.1) is 24.0 Å². The first-order chi connectivity index (χ1) is 8.75. The third-order valence-electron chi connectivity index (χ3n) is 4.16. The maximum atomic E-state index is 13.8. The van der Waals surface area contributed by atoms with E-state index < -0.39 is 23.1 Å². The molecule has 2 atom stereocenters. The number of hydrogen-bond donors (Lipinski definition) is 2. The summed E-state index contributed by atoms with van der Waals surface area (Å²) in [7, 11) is 0. The van der Waals surface area contributed by atoms with Crippen LogP contribution >= 0.6 is 0 Å². The number of halogens is 2. The highest BCUT2D eigenvalue weighted by atomic mass is 19.1. The van der Waals surface area contributed by atoms with Crippen LogP contribution in [0.4, 0.5) is 8.78 Å². The molecule has 0 heterocycles. The Morgan fingerprint density at radius 1 is 1.42 bits per heavy atom. The summed E-state index contributed by atoms with van der Waals surface area (Å²) in [5.74, 6) is -2.37. The highest BCUT2D eigenvalue weighted by Crippen LogP contribution is 2.39. The predicted octanol–water partition coefficient (Wildman–Crippen LogP) is 2.13. The van der Waals surface area contributed by atoms with Gasteiger partial charge in [0.1, 0.15) is 17.2 Å². The van der Waals surface area contributed by atoms with Crippen molar-refractivity contribution in [3.63, 3.8) is 0 Å². The second-order valence-electron chi connectivity index (χ2n) is 5.74. The van der Waals surface area contributed by atoms with E-state index in [9.17, 15) is 13.6 Å². The fourth-order valence-corrected chi connectivity index (χ4v) is 2.30. The molecule has 3 nitrogen and oxygen atoms in total. The van der Waals surface area contributed by atoms with E-state index in [0.717, 1.165) is 6.07 Å². The number of nitrogens with two attached hydrogens (primary N) is 1. The molecule has 3 N–H and O–H groups in total. The molecule has 1 aliphatic carbocycles. The van der Waals surface area contributed by atoms with Crippen molar-refractivity contribution in [2.24, 2.45) is 11.1 Å². The second-order valence-corrected chi connectivity index (χ2v) is 5.74. The Kier molecular flexibility index (Phi) is 3.34. The maximum Gasteiger partial charge on any atom is 0.257 e. The fraction of sp³-hybridized carbons (Fsp3) is 0.500. The van der Waals surface area contributed by atoms with E-state index in [0.29, 0.717) is 6.42 Å². The molecule has 104 valence electrons. The van der Waals surface area contributed by atoms with Gasteiger partial charge < -0.3 is 11.1 Å². The molecule has 2 rings (SSSR count). The van der Waals surface area contributed by atoms with Crippen molar-refractivity contribution in [2.45, 2.75) is 39.3 Å². The molecule has 1 aromatic rings. The summed E-state index contributed by atoms with van der Waals surface area (Å²) in [6.07, 6.45) is 0.619. The Morgan fingerprint density at radius 2 is 2.05 bits per heavy atom. The van der Waals surface area contributed by atoms with E-state index in [2.05, 4.69) is 5.32 Å². The van der Waals surface area contributed by atoms with Crippen molar-refractivity contribution in [2.75, 3.05) is 0 Å². The predicted molar refractivity (Wildman–Crippen MR) is 68.7 cm³/mol. The topological polar surface area (TPSA) is 55.1 Å². The SMILES string of the molecule is Cc1ccc(F)c(C(=O)NC2CC(N)C2(C)C)c1F. The molecular formula is C14H18F2N2O. The van der Waals surface area contributed by atoms with Gasteiger partial charge in [-0.15, -0.1) is 0 Å². The summed E-state index contributed by atoms with van der Waals surface area (Å²) < 4.78 is 27.4. The van der Waals surface area contributed by atoms with E-state index in [4.69, 9.17) is 5.73 Å². The van der Waals surface area contributed by atoms with Crippen molar-refractivity contribution in [3.8, 4) is 0 Å². The van der Waals surface area contributed by atoms with E-state index in [1.165, 1.54) is 13.0 Å². The second kappa shape index (κ2) is 4.56. The lowest BCUT2D eigenvalue weighted by Crippen LogP contribution is -2.64. The Morgan fingerprint density at radius 3 is 2.58 bits per heavy atom. The average molecular weight is 268 g/mol. The molecule has 1 saturated carbocycles. The van der Waals surface area contributed by atoms with Crippen LogP contribution in [0.15, 0.2) is 12.1 Å². The van der Waals surface area contributed by atoms with Crippen molar-refractivity contribution < 1.29 is 13.6 Å². The number of aryl methyl sites for hydroxylation is 1. The van der Waals surface area contributed by atoms with Crippen LogP contribution in [0.25, 0.3) is 0 Å². The number of nitrogens with one attached hydrogen (secondary N) is 1. The Bertz CT molecular complexity index is 528. The molecule has 1 amide bonds. The number of carbonyl (C=O) groups excluding carboxylic acids is 1. The first kappa shape index (κ1) is 13.9. The number of benzene rings is 1. The summed E-state index contributed by atoms with van der Waals surface area (Å²) >= 11 is 0. The van der Waals surface area contributed by atoms with Gasteiger partial charge in [0.2, 0.25) is 0 Å². The third kappa shape index (κ3) is 2.23. The Labute approximate surface area is 111 Å². The minimum Gasteiger partial charge on any atom is -0.348 e. The molecule has 0 saturated heterocycles. The van der Waals surface area contributed by atoms with Gasteiger partial charge in [-0.2, -0.15) is 0 Å². The fourth-order valence-electron chi connectivity index (χ4n) is 2.30. The van der Waals surface area contributed by atoms with Crippen LogP contribution < -0.4 is 11.1 Å². The monoisotopic (exact) mass is 268 g/mol. The molecule has 0 aromatic heterocycles. The molecule has 1 aromatic carbocycles. The van der Waals surface area contributed by atoms with Gasteiger partial charge in [0.25, 0.3) is 5.91 Å². The molecule has 1 aliphatic rings. The Balaban J connectivity index is 2.20. The lowest BCUT2D eigenvalue weighted by atomic mass is 9.63. The van der Waals surface area contributed by atoms with Gasteiger partial charge in [-0.3, -0.25) is 4.79 Å². The van der Waals surface area contributed by atoms with Crippen molar-refractivity contribution >= 4 is 5.91 Å². The van der Waals surface area contributed by atoms with Crippen molar-refractivity contribution in [1.29, 1.82) is 0 Å². The number of rotatable bonds is 2. The van der Waals surface area contributed by atoms with Gasteiger partial charge in [-0.1, -0.05) is 19.9 Å². The zero-order chi connectivity index (χ0) is 14.4. The normalized spacial score (nSPS) is 24.7. The summed E-state index contributed by atoms with van der Waals surface area (Å²) in [6.45, 7) is 5.35. The van der Waals surface area contributed by atoms with Crippen LogP contribution in [0.1, 0.15) is 36.2 Å². The Hall–Kier alpha value is -1.49. The van der Waals surface area contributed by atoms with Crippen molar-refractivity contribution in [1.82, 2.24) is 5.32 Å². The average Bonchev–Trinajstić information content (AvgIpc) is 2.34. The van der Waals surface area contributed by atoms with Crippen LogP contribution in [0.5, 0.6) is 0 Å². The zero-order valence-electron chi connectivity index (χ0n) is 11.3. The van der Waals surface area contributed by atoms with E-state index >= 15 is 0 Å². The van der Waals surface area contributed by atoms with E-state index in [-0.39, 0.29) is 23.1 Å². The van der Waals surface area contributed by atoms with Gasteiger partial charge >= 0.3 is 0 Å². The van der Waals surface area contributed by atoms with Crippen LogP contribution in [0.2, 0.25) is 0 Å². The minimum atomic E-state index is -0.845. The first-order valence-electron chi connectivity index (χ1n) is 6.26. The van der Waals surface area contributed by atoms with Gasteiger partial charge in [0.15, 0.2) is 0 Å². The molecule has 19 heavy (non-hydrogen) atoms. The molecule has 1 fully saturated rings. The van der Waals surface area contributed by atoms with Gasteiger partial charge in [-0.25, -0.2) is 8.78 Å². The van der Waals surface area contributed by atoms with E-state index in [1.54, 1.807) is 0 Å². The maximum absolute atomic E-state index is 13.8. The lowest BCUT2D eigenvalue weighted by molar-refractivity contribution is 0.0581. The van der Waals surface area contributed by atoms with Crippen LogP contribution in [-0.2, 0) is 0 Å². The highest BCUT2D eigenvalue weighted by Gasteiger charge is 2.47. The number of amides is 1. The lowest BCUT2D eigenvalue weighted by Gasteiger charge is -2.50. The molecule has 0 aliphatic heterocycles. The highest BCUT2D eigenvalue weighted by molar-refractivity contribution is 5.95. The molecule has 2 unspecified atom stereocenters. The van der Waals surface area contributed by atoms with E-state index in [1.807, 2.05) is 13.8 Å². The molecule has 5 heteroatoms. The van der Waals surface area contributed by atoms with Gasteiger partial charge in [-0.05, 0) is 25.0 Å². The molecular weight excluding hydrogens is 250 g/mol. The van der Waals surface area contributed by atoms with Gasteiger partial charge in [0, 0.05) is 17.5 Å². The molecule has 0 bridgehead atoms. The molecule has 0 spiro atoms. The summed E-state index contributed by atoms with van der Waals surface area (Å²) in [5.41, 5.74) is 5.32. The minimum absolute atomic E-state index is 0.00926. The quantitative estimate of drug-likeness (QED) is 0.863. The standard InChI is InChI=1S/C14H18F2N2O/c1-7-4-5-8(15)11(12(7)16)13(19)18-10-6-9(17)14(10,2)3/h4-5,9-10H,6,17H2,1-3H3,(H,18,19). The summed E-state index contributed by atoms with van der Waals surface area (Å²) in [6, 6.07) is 2.25. The number of carbonyl (C=O) groups is 1. The molecule has 0 radical (unpaired) electrons. The third-order valence-corrected chi connectivity index (χ3v) is 4.16. The zero-order valence-corrected chi connectivity index (χ0v) is 11.3. The largest absolute Gasteiger partial charge is 0.348 e. The first-order valence-corrected chi connectivity index (χ1v) is 6.26. The summed E-state index contributed by atoms with van der Waals surface area (Å²) in [5, 5.41) is 2.66. The number of hydrogen-bond acceptors (Lipinski definition) is 2. The van der Waals surface area contributed by atoms with Gasteiger partial charge in [0.05, 0.1) is 0 Å². The van der Waals surface area contributed by atoms with Crippen LogP contribution in [-0.4, -0.2) is 18.0 Å². The van der Waals surface area contributed by atoms with Crippen molar-refractivity contribution in [3.05, 3.63) is 34.9 Å².